The van der Waals surface area contributed by atoms with E-state index in [2.05, 4.69) is 4.98 Å². The highest BCUT2D eigenvalue weighted by Gasteiger charge is 2.38. The van der Waals surface area contributed by atoms with Crippen molar-refractivity contribution in [1.82, 2.24) is 9.55 Å². The van der Waals surface area contributed by atoms with Crippen LogP contribution in [0, 0.1) is 6.92 Å². The van der Waals surface area contributed by atoms with Crippen LogP contribution in [0.2, 0.25) is 0 Å². The summed E-state index contributed by atoms with van der Waals surface area (Å²) in [6.07, 6.45) is -1.49. The number of aromatic nitrogens is 2. The van der Waals surface area contributed by atoms with Crippen molar-refractivity contribution >= 4 is 0 Å². The lowest BCUT2D eigenvalue weighted by molar-refractivity contribution is -0.0771. The first-order valence-electron chi connectivity index (χ1n) is 5.74. The molecule has 2 rings (SSSR count). The van der Waals surface area contributed by atoms with Gasteiger partial charge in [-0.25, -0.2) is 4.79 Å². The SMILES string of the molecule is Cc1cn([C@H]2C[C@H](O)[C@@H](C(C)O)O2)c(=O)[nH]c1=O. The largest absolute Gasteiger partial charge is 0.391 e. The van der Waals surface area contributed by atoms with E-state index in [4.69, 9.17) is 4.74 Å². The van der Waals surface area contributed by atoms with Crippen molar-refractivity contribution in [2.45, 2.75) is 44.8 Å². The van der Waals surface area contributed by atoms with Gasteiger partial charge in [0.25, 0.3) is 5.56 Å². The molecular weight excluding hydrogens is 240 g/mol. The van der Waals surface area contributed by atoms with E-state index >= 15 is 0 Å². The van der Waals surface area contributed by atoms with Crippen molar-refractivity contribution in [3.8, 4) is 0 Å². The fraction of sp³-hybridized carbons (Fsp3) is 0.636. The molecule has 0 radical (unpaired) electrons. The molecule has 4 atom stereocenters. The summed E-state index contributed by atoms with van der Waals surface area (Å²) in [7, 11) is 0. The van der Waals surface area contributed by atoms with Crippen LogP contribution in [0.4, 0.5) is 0 Å². The Kier molecular flexibility index (Phi) is 3.38. The summed E-state index contributed by atoms with van der Waals surface area (Å²) < 4.78 is 6.66. The number of aromatic amines is 1. The predicted molar refractivity (Wildman–Crippen MR) is 62.3 cm³/mol. The Labute approximate surface area is 103 Å². The van der Waals surface area contributed by atoms with Crippen LogP contribution in [0.1, 0.15) is 25.1 Å². The summed E-state index contributed by atoms with van der Waals surface area (Å²) in [6.45, 7) is 3.09. The molecule has 0 bridgehead atoms. The van der Waals surface area contributed by atoms with Crippen LogP contribution in [0.25, 0.3) is 0 Å². The van der Waals surface area contributed by atoms with E-state index in [1.54, 1.807) is 6.92 Å². The topological polar surface area (TPSA) is 105 Å². The van der Waals surface area contributed by atoms with Gasteiger partial charge in [0.15, 0.2) is 0 Å². The normalized spacial score (nSPS) is 29.4. The zero-order valence-corrected chi connectivity index (χ0v) is 10.2. The second kappa shape index (κ2) is 4.68. The molecule has 0 aromatic carbocycles. The highest BCUT2D eigenvalue weighted by molar-refractivity contribution is 5.02. The minimum absolute atomic E-state index is 0.195. The molecule has 0 saturated carbocycles. The molecular formula is C11H16N2O5. The van der Waals surface area contributed by atoms with Crippen LogP contribution in [0.15, 0.2) is 15.8 Å². The zero-order valence-electron chi connectivity index (χ0n) is 10.2. The molecule has 1 aromatic heterocycles. The van der Waals surface area contributed by atoms with E-state index in [0.717, 1.165) is 0 Å². The Morgan fingerprint density at radius 2 is 2.22 bits per heavy atom. The lowest BCUT2D eigenvalue weighted by Crippen LogP contribution is -2.34. The molecule has 7 nitrogen and oxygen atoms in total. The first-order chi connectivity index (χ1) is 8.40. The third-order valence-corrected chi connectivity index (χ3v) is 3.07. The Balaban J connectivity index is 2.32. The van der Waals surface area contributed by atoms with Gasteiger partial charge in [-0.15, -0.1) is 0 Å². The van der Waals surface area contributed by atoms with Crippen molar-refractivity contribution in [2.24, 2.45) is 0 Å². The first kappa shape index (κ1) is 13.0. The Hall–Kier alpha value is -1.44. The van der Waals surface area contributed by atoms with Gasteiger partial charge in [0.05, 0.1) is 12.2 Å². The average Bonchev–Trinajstić information content (AvgIpc) is 2.65. The van der Waals surface area contributed by atoms with Crippen LogP contribution < -0.4 is 11.2 Å². The lowest BCUT2D eigenvalue weighted by Gasteiger charge is -2.18. The second-order valence-corrected chi connectivity index (χ2v) is 4.58. The van der Waals surface area contributed by atoms with Crippen LogP contribution in [0.3, 0.4) is 0 Å². The number of nitrogens with one attached hydrogen (secondary N) is 1. The van der Waals surface area contributed by atoms with Gasteiger partial charge in [-0.2, -0.15) is 0 Å². The summed E-state index contributed by atoms with van der Waals surface area (Å²) in [5.41, 5.74) is -0.649. The van der Waals surface area contributed by atoms with Crippen molar-refractivity contribution < 1.29 is 14.9 Å². The molecule has 7 heteroatoms. The maximum absolute atomic E-state index is 11.6. The molecule has 0 amide bonds. The van der Waals surface area contributed by atoms with Gasteiger partial charge in [0.2, 0.25) is 0 Å². The van der Waals surface area contributed by atoms with Crippen molar-refractivity contribution in [2.75, 3.05) is 0 Å². The van der Waals surface area contributed by atoms with E-state index in [-0.39, 0.29) is 6.42 Å². The molecule has 1 fully saturated rings. The number of H-pyrrole nitrogens is 1. The highest BCUT2D eigenvalue weighted by atomic mass is 16.5. The zero-order chi connectivity index (χ0) is 13.4. The molecule has 18 heavy (non-hydrogen) atoms. The quantitative estimate of drug-likeness (QED) is 0.621. The fourth-order valence-electron chi connectivity index (χ4n) is 2.08. The van der Waals surface area contributed by atoms with Crippen molar-refractivity contribution in [1.29, 1.82) is 0 Å². The minimum Gasteiger partial charge on any atom is -0.391 e. The maximum Gasteiger partial charge on any atom is 0.330 e. The molecule has 1 saturated heterocycles. The van der Waals surface area contributed by atoms with E-state index in [1.807, 2.05) is 0 Å². The lowest BCUT2D eigenvalue weighted by atomic mass is 10.1. The third kappa shape index (κ3) is 2.24. The monoisotopic (exact) mass is 256 g/mol. The van der Waals surface area contributed by atoms with Crippen LogP contribution in [0.5, 0.6) is 0 Å². The molecule has 1 unspecified atom stereocenters. The van der Waals surface area contributed by atoms with Gasteiger partial charge in [0, 0.05) is 18.2 Å². The van der Waals surface area contributed by atoms with Crippen LogP contribution >= 0.6 is 0 Å². The van der Waals surface area contributed by atoms with Crippen LogP contribution in [-0.2, 0) is 4.74 Å². The molecule has 0 aliphatic carbocycles. The standard InChI is InChI=1S/C11H16N2O5/c1-5-4-13(11(17)12-10(5)16)8-3-7(15)9(18-8)6(2)14/h4,6-9,14-15H,3H2,1-2H3,(H,12,16,17)/t6?,7-,8+,9+/m0/s1. The molecule has 1 aliphatic rings. The number of hydrogen-bond acceptors (Lipinski definition) is 5. The van der Waals surface area contributed by atoms with E-state index in [9.17, 15) is 19.8 Å². The van der Waals surface area contributed by atoms with Gasteiger partial charge in [0.1, 0.15) is 12.3 Å². The van der Waals surface area contributed by atoms with Gasteiger partial charge >= 0.3 is 5.69 Å². The summed E-state index contributed by atoms with van der Waals surface area (Å²) in [6, 6.07) is 0. The van der Waals surface area contributed by atoms with Crippen molar-refractivity contribution in [3.63, 3.8) is 0 Å². The minimum atomic E-state index is -0.839. The number of aryl methyl sites for hydroxylation is 1. The first-order valence-corrected chi connectivity index (χ1v) is 5.74. The van der Waals surface area contributed by atoms with Gasteiger partial charge in [-0.1, -0.05) is 0 Å². The molecule has 1 aromatic rings. The van der Waals surface area contributed by atoms with E-state index in [0.29, 0.717) is 5.56 Å². The number of hydrogen-bond donors (Lipinski definition) is 3. The number of rotatable bonds is 2. The summed E-state index contributed by atoms with van der Waals surface area (Å²) in [4.78, 5) is 25.1. The summed E-state index contributed by atoms with van der Waals surface area (Å²) in [5, 5.41) is 19.2. The maximum atomic E-state index is 11.6. The molecule has 2 heterocycles. The summed E-state index contributed by atoms with van der Waals surface area (Å²) >= 11 is 0. The smallest absolute Gasteiger partial charge is 0.330 e. The van der Waals surface area contributed by atoms with Crippen LogP contribution in [-0.4, -0.2) is 38.1 Å². The predicted octanol–water partition coefficient (Wildman–Crippen LogP) is -1.13. The highest BCUT2D eigenvalue weighted by Crippen LogP contribution is 2.29. The number of nitrogens with zero attached hydrogens (tertiary/aromatic N) is 1. The Morgan fingerprint density at radius 3 is 2.78 bits per heavy atom. The second-order valence-electron chi connectivity index (χ2n) is 4.58. The fourth-order valence-corrected chi connectivity index (χ4v) is 2.08. The molecule has 100 valence electrons. The Bertz CT molecular complexity index is 547. The van der Waals surface area contributed by atoms with Gasteiger partial charge in [-0.3, -0.25) is 14.3 Å². The van der Waals surface area contributed by atoms with E-state index in [1.165, 1.54) is 17.7 Å². The van der Waals surface area contributed by atoms with Crippen molar-refractivity contribution in [3.05, 3.63) is 32.6 Å². The van der Waals surface area contributed by atoms with Gasteiger partial charge < -0.3 is 14.9 Å². The number of aliphatic hydroxyl groups excluding tert-OH is 2. The molecule has 3 N–H and O–H groups in total. The summed E-state index contributed by atoms with van der Waals surface area (Å²) in [5.74, 6) is 0. The van der Waals surface area contributed by atoms with Gasteiger partial charge in [-0.05, 0) is 13.8 Å². The molecule has 1 aliphatic heterocycles. The Morgan fingerprint density at radius 1 is 1.56 bits per heavy atom. The number of ether oxygens (including phenoxy) is 1. The third-order valence-electron chi connectivity index (χ3n) is 3.07. The number of aliphatic hydroxyl groups is 2. The molecule has 0 spiro atoms. The van der Waals surface area contributed by atoms with E-state index < -0.39 is 35.8 Å². The average molecular weight is 256 g/mol.